The Hall–Kier alpha value is -5.79. The van der Waals surface area contributed by atoms with Crippen molar-refractivity contribution in [3.05, 3.63) is 35.4 Å². The minimum Gasteiger partial charge on any atom is -0.370 e. The molecule has 1 saturated heterocycles. The van der Waals surface area contributed by atoms with E-state index in [1.165, 1.54) is 6.92 Å². The number of amides is 8. The van der Waals surface area contributed by atoms with Crippen LogP contribution in [0.2, 0.25) is 0 Å². The van der Waals surface area contributed by atoms with E-state index in [4.69, 9.17) is 22.6 Å². The van der Waals surface area contributed by atoms with Gasteiger partial charge in [0.2, 0.25) is 47.3 Å². The molecule has 20 heteroatoms. The molecule has 6 atom stereocenters. The van der Waals surface area contributed by atoms with Crippen LogP contribution in [0.25, 0.3) is 0 Å². The Balaban J connectivity index is 2.59. The Bertz CT molecular complexity index is 1590. The molecule has 1 aliphatic heterocycles. The van der Waals surface area contributed by atoms with Crippen molar-refractivity contribution in [3.8, 4) is 0 Å². The molecule has 322 valence electrons. The summed E-state index contributed by atoms with van der Waals surface area (Å²) in [5.74, 6) is -5.92. The van der Waals surface area contributed by atoms with Crippen molar-refractivity contribution in [1.82, 2.24) is 42.5 Å². The minimum atomic E-state index is -1.34. The average molecular weight is 815 g/mol. The summed E-state index contributed by atoms with van der Waals surface area (Å²) in [5.41, 5.74) is 18.4. The van der Waals surface area contributed by atoms with Crippen LogP contribution in [0.3, 0.4) is 0 Å². The maximum Gasteiger partial charge on any atom is 0.243 e. The number of hydrogen-bond acceptors (Lipinski definition) is 10. The van der Waals surface area contributed by atoms with Crippen LogP contribution in [-0.2, 0) is 44.8 Å². The van der Waals surface area contributed by atoms with Gasteiger partial charge in [-0.15, -0.1) is 0 Å². The van der Waals surface area contributed by atoms with E-state index in [9.17, 15) is 38.4 Å². The van der Waals surface area contributed by atoms with Crippen LogP contribution >= 0.6 is 0 Å². The normalized spacial score (nSPS) is 21.9. The number of hydrogen-bond donors (Lipinski definition) is 12. The zero-order valence-corrected chi connectivity index (χ0v) is 33.7. The summed E-state index contributed by atoms with van der Waals surface area (Å²) in [6.07, 6.45) is 1.58. The number of carbonyl (C=O) groups is 8. The number of carbonyl (C=O) groups excluding carboxylic acids is 8. The quantitative estimate of drug-likeness (QED) is 0.0468. The van der Waals surface area contributed by atoms with Gasteiger partial charge in [0.15, 0.2) is 5.96 Å². The first-order valence-electron chi connectivity index (χ1n) is 19.7. The Morgan fingerprint density at radius 2 is 1.45 bits per heavy atom. The van der Waals surface area contributed by atoms with Gasteiger partial charge in [0, 0.05) is 32.9 Å². The van der Waals surface area contributed by atoms with E-state index in [0.29, 0.717) is 12.0 Å². The predicted octanol–water partition coefficient (Wildman–Crippen LogP) is -2.56. The van der Waals surface area contributed by atoms with E-state index >= 15 is 0 Å². The molecule has 0 aromatic heterocycles. The minimum absolute atomic E-state index is 0.0195. The molecule has 1 aromatic carbocycles. The fourth-order valence-electron chi connectivity index (χ4n) is 6.12. The number of unbranched alkanes of at least 4 members (excludes halogenated alkanes) is 1. The van der Waals surface area contributed by atoms with Crippen molar-refractivity contribution in [2.24, 2.45) is 17.2 Å². The van der Waals surface area contributed by atoms with Gasteiger partial charge >= 0.3 is 0 Å². The molecular formula is C38H62N12O8. The second kappa shape index (κ2) is 25.5. The van der Waals surface area contributed by atoms with Crippen molar-refractivity contribution in [3.63, 3.8) is 0 Å². The van der Waals surface area contributed by atoms with Gasteiger partial charge < -0.3 is 59.7 Å². The second-order valence-corrected chi connectivity index (χ2v) is 14.4. The van der Waals surface area contributed by atoms with E-state index in [-0.39, 0.29) is 83.4 Å². The number of aryl methyl sites for hydroxylation is 1. The zero-order valence-electron chi connectivity index (χ0n) is 33.7. The molecular weight excluding hydrogens is 752 g/mol. The summed E-state index contributed by atoms with van der Waals surface area (Å²) in [4.78, 5) is 107. The lowest BCUT2D eigenvalue weighted by molar-refractivity contribution is -0.135. The third kappa shape index (κ3) is 18.0. The SMILES string of the molecule is CCCC[C@H](NC(C)=O)C(=O)N[C@H]1CCC(=O)NCC[C@@H](C(N)=O)NC(=O)[C@H](CCCNC(=N)N)NC(=O)[C@@H](Cc2ccc(C)cc2)NC(=O)[C@H](CCCN)NC1=O. The van der Waals surface area contributed by atoms with Crippen molar-refractivity contribution in [1.29, 1.82) is 5.41 Å². The van der Waals surface area contributed by atoms with Crippen LogP contribution in [0, 0.1) is 12.3 Å². The lowest BCUT2D eigenvalue weighted by Gasteiger charge is -2.27. The van der Waals surface area contributed by atoms with Crippen molar-refractivity contribution in [2.45, 2.75) is 128 Å². The molecule has 1 fully saturated rings. The standard InChI is InChI=1S/C38H62N12O8/c1-4-5-8-26(45-23(3)51)33(54)49-29-15-16-31(52)43-20-17-25(32(40)53)46-34(55)28(10-7-19-44-38(41)42)48-37(58)30(21-24-13-11-22(2)12-14-24)50-35(56)27(9-6-18-39)47-36(29)57/h11-14,25-30H,4-10,15-21,39H2,1-3H3,(H2,40,53)(H,43,52)(H,45,51)(H,46,55)(H,47,57)(H,48,58)(H,49,54)(H,50,56)(H4,41,42,44)/t25-,26-,27-,28-,29-,30+/m0/s1. The molecule has 2 rings (SSSR count). The smallest absolute Gasteiger partial charge is 0.243 e. The predicted molar refractivity (Wildman–Crippen MR) is 215 cm³/mol. The number of benzene rings is 1. The summed E-state index contributed by atoms with van der Waals surface area (Å²) in [6, 6.07) is -0.114. The molecule has 0 saturated carbocycles. The molecule has 58 heavy (non-hydrogen) atoms. The monoisotopic (exact) mass is 814 g/mol. The van der Waals surface area contributed by atoms with E-state index < -0.39 is 83.5 Å². The van der Waals surface area contributed by atoms with Gasteiger partial charge in [-0.1, -0.05) is 49.6 Å². The van der Waals surface area contributed by atoms with Crippen LogP contribution in [-0.4, -0.2) is 109 Å². The fraction of sp³-hybridized carbons (Fsp3) is 0.605. The summed E-state index contributed by atoms with van der Waals surface area (Å²) >= 11 is 0. The first kappa shape index (κ1) is 48.4. The van der Waals surface area contributed by atoms with Gasteiger partial charge in [0.25, 0.3) is 0 Å². The first-order chi connectivity index (χ1) is 27.5. The van der Waals surface area contributed by atoms with E-state index in [1.807, 2.05) is 26.0 Å². The van der Waals surface area contributed by atoms with Gasteiger partial charge in [0.1, 0.15) is 36.3 Å². The largest absolute Gasteiger partial charge is 0.370 e. The molecule has 1 aliphatic rings. The number of guanidine groups is 1. The highest BCUT2D eigenvalue weighted by atomic mass is 16.2. The highest BCUT2D eigenvalue weighted by molar-refractivity contribution is 5.97. The average Bonchev–Trinajstić information content (AvgIpc) is 3.16. The summed E-state index contributed by atoms with van der Waals surface area (Å²) in [5, 5.41) is 28.5. The number of primary amides is 1. The molecule has 0 spiro atoms. The second-order valence-electron chi connectivity index (χ2n) is 14.4. The Labute approximate surface area is 338 Å². The molecule has 0 bridgehead atoms. The molecule has 0 aliphatic carbocycles. The highest BCUT2D eigenvalue weighted by Gasteiger charge is 2.33. The van der Waals surface area contributed by atoms with Crippen molar-refractivity contribution >= 4 is 53.2 Å². The third-order valence-electron chi connectivity index (χ3n) is 9.39. The lowest BCUT2D eigenvalue weighted by atomic mass is 10.0. The summed E-state index contributed by atoms with van der Waals surface area (Å²) in [7, 11) is 0. The van der Waals surface area contributed by atoms with Crippen LogP contribution in [0.1, 0.15) is 89.2 Å². The topological polar surface area (TPSA) is 335 Å². The Morgan fingerprint density at radius 3 is 2.05 bits per heavy atom. The fourth-order valence-corrected chi connectivity index (χ4v) is 6.12. The molecule has 0 radical (unpaired) electrons. The first-order valence-corrected chi connectivity index (χ1v) is 19.7. The number of nitrogens with one attached hydrogen (secondary N) is 9. The van der Waals surface area contributed by atoms with Gasteiger partial charge in [-0.3, -0.25) is 43.8 Å². The number of nitrogens with two attached hydrogens (primary N) is 3. The van der Waals surface area contributed by atoms with E-state index in [0.717, 1.165) is 12.0 Å². The third-order valence-corrected chi connectivity index (χ3v) is 9.39. The van der Waals surface area contributed by atoms with Gasteiger partial charge in [-0.05, 0) is 64.0 Å². The lowest BCUT2D eigenvalue weighted by Crippen LogP contribution is -2.60. The Morgan fingerprint density at radius 1 is 0.845 bits per heavy atom. The summed E-state index contributed by atoms with van der Waals surface area (Å²) in [6.45, 7) is 5.29. The maximum absolute atomic E-state index is 14.1. The molecule has 1 heterocycles. The van der Waals surface area contributed by atoms with Gasteiger partial charge in [-0.25, -0.2) is 0 Å². The van der Waals surface area contributed by atoms with E-state index in [1.54, 1.807) is 12.1 Å². The molecule has 20 nitrogen and oxygen atoms in total. The van der Waals surface area contributed by atoms with Gasteiger partial charge in [0.05, 0.1) is 0 Å². The highest BCUT2D eigenvalue weighted by Crippen LogP contribution is 2.11. The summed E-state index contributed by atoms with van der Waals surface area (Å²) < 4.78 is 0. The molecule has 15 N–H and O–H groups in total. The van der Waals surface area contributed by atoms with Crippen LogP contribution in [0.5, 0.6) is 0 Å². The maximum atomic E-state index is 14.1. The van der Waals surface area contributed by atoms with Crippen LogP contribution in [0.4, 0.5) is 0 Å². The van der Waals surface area contributed by atoms with Crippen molar-refractivity contribution in [2.75, 3.05) is 19.6 Å². The molecule has 1 aromatic rings. The number of rotatable bonds is 16. The zero-order chi connectivity index (χ0) is 43.2. The molecule has 0 unspecified atom stereocenters. The van der Waals surface area contributed by atoms with Crippen molar-refractivity contribution < 1.29 is 38.4 Å². The van der Waals surface area contributed by atoms with E-state index in [2.05, 4.69) is 42.5 Å². The van der Waals surface area contributed by atoms with Crippen LogP contribution in [0.15, 0.2) is 24.3 Å². The molecule has 8 amide bonds. The van der Waals surface area contributed by atoms with Gasteiger partial charge in [-0.2, -0.15) is 0 Å². The van der Waals surface area contributed by atoms with Crippen LogP contribution < -0.4 is 59.7 Å². The Kier molecular flexibility index (Phi) is 21.2.